The van der Waals surface area contributed by atoms with Crippen LogP contribution < -0.4 is 0 Å². The molecule has 0 nitrogen and oxygen atoms in total. The average molecular weight is 200 g/mol. The first-order chi connectivity index (χ1) is 7.40. The Balaban J connectivity index is 1.77. The van der Waals surface area contributed by atoms with E-state index in [1.165, 1.54) is 31.2 Å². The van der Waals surface area contributed by atoms with Crippen molar-refractivity contribution in [1.29, 1.82) is 0 Å². The molecule has 0 aromatic heterocycles. The van der Waals surface area contributed by atoms with Gasteiger partial charge >= 0.3 is 0 Å². The summed E-state index contributed by atoms with van der Waals surface area (Å²) in [5, 5.41) is 0. The minimum atomic E-state index is 0.872. The van der Waals surface area contributed by atoms with E-state index in [1.807, 2.05) is 0 Å². The summed E-state index contributed by atoms with van der Waals surface area (Å²) in [7, 11) is 0. The standard InChI is InChI=1S/C15H20/c1-2-3-9-14-12-15(14)11-10-13-7-5-4-6-8-13/h4-8,10-11,14-15H,2-3,9,12H2,1H3/b11-10+/t14-,15-/m1/s1. The van der Waals surface area contributed by atoms with E-state index in [9.17, 15) is 0 Å². The lowest BCUT2D eigenvalue weighted by Gasteiger charge is -1.94. The van der Waals surface area contributed by atoms with Crippen molar-refractivity contribution in [3.8, 4) is 0 Å². The van der Waals surface area contributed by atoms with E-state index in [0.717, 1.165) is 11.8 Å². The van der Waals surface area contributed by atoms with Crippen molar-refractivity contribution in [1.82, 2.24) is 0 Å². The van der Waals surface area contributed by atoms with Gasteiger partial charge in [-0.1, -0.05) is 62.2 Å². The molecule has 0 N–H and O–H groups in total. The van der Waals surface area contributed by atoms with Gasteiger partial charge in [-0.25, -0.2) is 0 Å². The lowest BCUT2D eigenvalue weighted by atomic mass is 10.1. The number of benzene rings is 1. The maximum Gasteiger partial charge on any atom is -0.0199 e. The first-order valence-corrected chi connectivity index (χ1v) is 6.13. The maximum absolute atomic E-state index is 2.40. The van der Waals surface area contributed by atoms with Crippen molar-refractivity contribution < 1.29 is 0 Å². The van der Waals surface area contributed by atoms with E-state index in [0.29, 0.717) is 0 Å². The third kappa shape index (κ3) is 3.23. The van der Waals surface area contributed by atoms with Crippen LogP contribution in [0, 0.1) is 11.8 Å². The molecule has 1 aromatic carbocycles. The Morgan fingerprint density at radius 3 is 2.80 bits per heavy atom. The molecule has 0 unspecified atom stereocenters. The summed E-state index contributed by atoms with van der Waals surface area (Å²) in [6, 6.07) is 10.6. The molecule has 2 atom stereocenters. The molecule has 0 heterocycles. The Morgan fingerprint density at radius 2 is 2.07 bits per heavy atom. The minimum absolute atomic E-state index is 0.872. The maximum atomic E-state index is 2.40. The van der Waals surface area contributed by atoms with Crippen molar-refractivity contribution in [3.05, 3.63) is 42.0 Å². The third-order valence-electron chi connectivity index (χ3n) is 3.24. The second-order valence-electron chi connectivity index (χ2n) is 4.57. The number of rotatable bonds is 5. The zero-order chi connectivity index (χ0) is 10.5. The fraction of sp³-hybridized carbons (Fsp3) is 0.467. The van der Waals surface area contributed by atoms with Gasteiger partial charge in [0.15, 0.2) is 0 Å². The Bertz CT molecular complexity index is 310. The first-order valence-electron chi connectivity index (χ1n) is 6.13. The zero-order valence-corrected chi connectivity index (χ0v) is 9.52. The number of hydrogen-bond acceptors (Lipinski definition) is 0. The van der Waals surface area contributed by atoms with Crippen LogP contribution in [0.3, 0.4) is 0 Å². The van der Waals surface area contributed by atoms with Crippen molar-refractivity contribution in [3.63, 3.8) is 0 Å². The molecular weight excluding hydrogens is 180 g/mol. The van der Waals surface area contributed by atoms with Crippen LogP contribution in [0.1, 0.15) is 38.2 Å². The third-order valence-corrected chi connectivity index (χ3v) is 3.24. The average Bonchev–Trinajstić information content (AvgIpc) is 3.04. The number of hydrogen-bond donors (Lipinski definition) is 0. The molecule has 1 fully saturated rings. The lowest BCUT2D eigenvalue weighted by Crippen LogP contribution is -1.79. The Kier molecular flexibility index (Phi) is 3.60. The van der Waals surface area contributed by atoms with Gasteiger partial charge in [-0.2, -0.15) is 0 Å². The van der Waals surface area contributed by atoms with Gasteiger partial charge in [0.2, 0.25) is 0 Å². The Labute approximate surface area is 93.0 Å². The summed E-state index contributed by atoms with van der Waals surface area (Å²) in [5.41, 5.74) is 1.33. The van der Waals surface area contributed by atoms with Gasteiger partial charge in [0, 0.05) is 0 Å². The van der Waals surface area contributed by atoms with Crippen molar-refractivity contribution >= 4 is 6.08 Å². The molecule has 15 heavy (non-hydrogen) atoms. The highest BCUT2D eigenvalue weighted by Crippen LogP contribution is 2.43. The van der Waals surface area contributed by atoms with Gasteiger partial charge in [0.05, 0.1) is 0 Å². The SMILES string of the molecule is CCCC[C@@H]1C[C@H]1/C=C/c1ccccc1. The Morgan fingerprint density at radius 1 is 1.27 bits per heavy atom. The van der Waals surface area contributed by atoms with E-state index in [4.69, 9.17) is 0 Å². The van der Waals surface area contributed by atoms with E-state index in [-0.39, 0.29) is 0 Å². The first kappa shape index (κ1) is 10.5. The molecule has 1 aliphatic rings. The van der Waals surface area contributed by atoms with Crippen LogP contribution in [0.25, 0.3) is 6.08 Å². The monoisotopic (exact) mass is 200 g/mol. The van der Waals surface area contributed by atoms with Crippen LogP contribution in [-0.4, -0.2) is 0 Å². The van der Waals surface area contributed by atoms with Crippen LogP contribution in [0.2, 0.25) is 0 Å². The van der Waals surface area contributed by atoms with Gasteiger partial charge in [-0.05, 0) is 30.2 Å². The molecule has 0 heteroatoms. The molecule has 80 valence electrons. The van der Waals surface area contributed by atoms with Crippen LogP contribution in [0.4, 0.5) is 0 Å². The molecule has 1 aromatic rings. The molecule has 1 saturated carbocycles. The molecular formula is C15H20. The van der Waals surface area contributed by atoms with Crippen molar-refractivity contribution in [2.45, 2.75) is 32.6 Å². The second kappa shape index (κ2) is 5.16. The van der Waals surface area contributed by atoms with Gasteiger partial charge in [0.25, 0.3) is 0 Å². The fourth-order valence-corrected chi connectivity index (χ4v) is 2.10. The summed E-state index contributed by atoms with van der Waals surface area (Å²) in [5.74, 6) is 1.86. The topological polar surface area (TPSA) is 0 Å². The zero-order valence-electron chi connectivity index (χ0n) is 9.52. The Hall–Kier alpha value is -1.04. The summed E-state index contributed by atoms with van der Waals surface area (Å²) >= 11 is 0. The summed E-state index contributed by atoms with van der Waals surface area (Å²) in [6.07, 6.45) is 10.3. The predicted molar refractivity (Wildman–Crippen MR) is 66.6 cm³/mol. The number of allylic oxidation sites excluding steroid dienone is 1. The minimum Gasteiger partial charge on any atom is -0.0805 e. The van der Waals surface area contributed by atoms with Crippen LogP contribution in [0.15, 0.2) is 36.4 Å². The molecule has 0 radical (unpaired) electrons. The van der Waals surface area contributed by atoms with Gasteiger partial charge < -0.3 is 0 Å². The van der Waals surface area contributed by atoms with Gasteiger partial charge in [0.1, 0.15) is 0 Å². The quantitative estimate of drug-likeness (QED) is 0.655. The smallest absolute Gasteiger partial charge is 0.0199 e. The predicted octanol–water partition coefficient (Wildman–Crippen LogP) is 4.53. The van der Waals surface area contributed by atoms with Crippen LogP contribution in [0.5, 0.6) is 0 Å². The summed E-state index contributed by atoms with van der Waals surface area (Å²) in [6.45, 7) is 2.27. The van der Waals surface area contributed by atoms with Crippen molar-refractivity contribution in [2.24, 2.45) is 11.8 Å². The molecule has 0 spiro atoms. The van der Waals surface area contributed by atoms with E-state index in [1.54, 1.807) is 0 Å². The molecule has 1 aliphatic carbocycles. The fourth-order valence-electron chi connectivity index (χ4n) is 2.10. The van der Waals surface area contributed by atoms with E-state index < -0.39 is 0 Å². The largest absolute Gasteiger partial charge is 0.0805 e. The molecule has 0 saturated heterocycles. The second-order valence-corrected chi connectivity index (χ2v) is 4.57. The van der Waals surface area contributed by atoms with Crippen LogP contribution >= 0.6 is 0 Å². The lowest BCUT2D eigenvalue weighted by molar-refractivity contribution is 0.634. The van der Waals surface area contributed by atoms with E-state index in [2.05, 4.69) is 49.4 Å². The summed E-state index contributed by atoms with van der Waals surface area (Å²) < 4.78 is 0. The van der Waals surface area contributed by atoms with E-state index >= 15 is 0 Å². The highest BCUT2D eigenvalue weighted by molar-refractivity contribution is 5.49. The van der Waals surface area contributed by atoms with Gasteiger partial charge in [-0.15, -0.1) is 0 Å². The summed E-state index contributed by atoms with van der Waals surface area (Å²) in [4.78, 5) is 0. The normalized spacial score (nSPS) is 24.6. The van der Waals surface area contributed by atoms with Crippen LogP contribution in [-0.2, 0) is 0 Å². The number of unbranched alkanes of at least 4 members (excludes halogenated alkanes) is 1. The molecule has 2 rings (SSSR count). The highest BCUT2D eigenvalue weighted by Gasteiger charge is 2.33. The molecule has 0 aliphatic heterocycles. The van der Waals surface area contributed by atoms with Crippen molar-refractivity contribution in [2.75, 3.05) is 0 Å². The highest BCUT2D eigenvalue weighted by atomic mass is 14.4. The molecule has 0 amide bonds. The molecule has 0 bridgehead atoms. The van der Waals surface area contributed by atoms with Gasteiger partial charge in [-0.3, -0.25) is 0 Å².